The molecule has 0 radical (unpaired) electrons. The molecule has 1 fully saturated rings. The predicted molar refractivity (Wildman–Crippen MR) is 65.8 cm³/mol. The number of hydrogen-bond acceptors (Lipinski definition) is 2. The molecule has 16 heavy (non-hydrogen) atoms. The fourth-order valence-corrected chi connectivity index (χ4v) is 2.50. The van der Waals surface area contributed by atoms with Crippen LogP contribution >= 0.6 is 0 Å². The zero-order valence-corrected chi connectivity index (χ0v) is 10.1. The number of aromatic nitrogens is 1. The molecule has 1 aromatic heterocycles. The average Bonchev–Trinajstić information content (AvgIpc) is 2.25. The minimum Gasteiger partial charge on any atom is -0.349 e. The first kappa shape index (κ1) is 11.4. The van der Waals surface area contributed by atoms with Crippen molar-refractivity contribution in [3.05, 3.63) is 33.7 Å². The maximum absolute atomic E-state index is 11.3. The SMILES string of the molecule is Cc1cc(=O)cc(C)n1CC1CCNCC1. The number of hydrogen-bond donors (Lipinski definition) is 1. The van der Waals surface area contributed by atoms with Crippen LogP contribution < -0.4 is 10.7 Å². The standard InChI is InChI=1S/C13H20N2O/c1-10-7-13(16)8-11(2)15(10)9-12-3-5-14-6-4-12/h7-8,12,14H,3-6,9H2,1-2H3. The third-order valence-electron chi connectivity index (χ3n) is 3.45. The van der Waals surface area contributed by atoms with Crippen LogP contribution in [0.5, 0.6) is 0 Å². The van der Waals surface area contributed by atoms with Crippen LogP contribution in [0, 0.1) is 19.8 Å². The minimum absolute atomic E-state index is 0.122. The van der Waals surface area contributed by atoms with Gasteiger partial charge in [0.25, 0.3) is 0 Å². The van der Waals surface area contributed by atoms with Gasteiger partial charge in [-0.3, -0.25) is 4.79 Å². The van der Waals surface area contributed by atoms with Crippen molar-refractivity contribution in [2.45, 2.75) is 33.2 Å². The lowest BCUT2D eigenvalue weighted by atomic mass is 9.97. The molecule has 0 aliphatic carbocycles. The fourth-order valence-electron chi connectivity index (χ4n) is 2.50. The molecule has 0 atom stereocenters. The molecule has 1 aliphatic rings. The largest absolute Gasteiger partial charge is 0.349 e. The Morgan fingerprint density at radius 2 is 1.81 bits per heavy atom. The summed E-state index contributed by atoms with van der Waals surface area (Å²) in [6, 6.07) is 3.46. The molecule has 3 heteroatoms. The van der Waals surface area contributed by atoms with Gasteiger partial charge in [-0.2, -0.15) is 0 Å². The van der Waals surface area contributed by atoms with E-state index in [0.29, 0.717) is 0 Å². The van der Waals surface area contributed by atoms with Crippen LogP contribution in [-0.4, -0.2) is 17.7 Å². The van der Waals surface area contributed by atoms with Crippen molar-refractivity contribution >= 4 is 0 Å². The molecule has 0 aromatic carbocycles. The summed E-state index contributed by atoms with van der Waals surface area (Å²) < 4.78 is 2.28. The summed E-state index contributed by atoms with van der Waals surface area (Å²) in [4.78, 5) is 11.3. The van der Waals surface area contributed by atoms with Crippen molar-refractivity contribution in [2.24, 2.45) is 5.92 Å². The maximum Gasteiger partial charge on any atom is 0.182 e. The van der Waals surface area contributed by atoms with Gasteiger partial charge in [-0.05, 0) is 45.7 Å². The van der Waals surface area contributed by atoms with E-state index in [1.807, 2.05) is 13.8 Å². The molecule has 88 valence electrons. The van der Waals surface area contributed by atoms with Gasteiger partial charge in [0, 0.05) is 30.1 Å². The minimum atomic E-state index is 0.122. The molecule has 1 aliphatic heterocycles. The summed E-state index contributed by atoms with van der Waals surface area (Å²) >= 11 is 0. The number of nitrogens with zero attached hydrogens (tertiary/aromatic N) is 1. The lowest BCUT2D eigenvalue weighted by Crippen LogP contribution is -2.30. The molecule has 0 bridgehead atoms. The number of aryl methyl sites for hydroxylation is 2. The third-order valence-corrected chi connectivity index (χ3v) is 3.45. The second-order valence-corrected chi connectivity index (χ2v) is 4.78. The van der Waals surface area contributed by atoms with Crippen LogP contribution in [0.1, 0.15) is 24.2 Å². The quantitative estimate of drug-likeness (QED) is 0.819. The highest BCUT2D eigenvalue weighted by Crippen LogP contribution is 2.16. The summed E-state index contributed by atoms with van der Waals surface area (Å²) in [7, 11) is 0. The monoisotopic (exact) mass is 220 g/mol. The summed E-state index contributed by atoms with van der Waals surface area (Å²) in [5.41, 5.74) is 2.30. The van der Waals surface area contributed by atoms with E-state index in [9.17, 15) is 4.79 Å². The molecule has 0 spiro atoms. The first-order valence-electron chi connectivity index (χ1n) is 6.05. The van der Waals surface area contributed by atoms with Crippen LogP contribution in [0.3, 0.4) is 0 Å². The van der Waals surface area contributed by atoms with Crippen molar-refractivity contribution in [1.82, 2.24) is 9.88 Å². The molecule has 0 unspecified atom stereocenters. The Hall–Kier alpha value is -1.09. The zero-order valence-electron chi connectivity index (χ0n) is 10.1. The molecule has 0 saturated carbocycles. The van der Waals surface area contributed by atoms with Gasteiger partial charge in [-0.15, -0.1) is 0 Å². The molecule has 1 aromatic rings. The van der Waals surface area contributed by atoms with Gasteiger partial charge in [-0.1, -0.05) is 0 Å². The van der Waals surface area contributed by atoms with E-state index < -0.39 is 0 Å². The number of piperidine rings is 1. The number of nitrogens with one attached hydrogen (secondary N) is 1. The molecule has 2 rings (SSSR count). The van der Waals surface area contributed by atoms with Crippen molar-refractivity contribution in [1.29, 1.82) is 0 Å². The van der Waals surface area contributed by atoms with E-state index >= 15 is 0 Å². The van der Waals surface area contributed by atoms with Crippen molar-refractivity contribution < 1.29 is 0 Å². The smallest absolute Gasteiger partial charge is 0.182 e. The molecular weight excluding hydrogens is 200 g/mol. The van der Waals surface area contributed by atoms with E-state index in [4.69, 9.17) is 0 Å². The van der Waals surface area contributed by atoms with Crippen molar-refractivity contribution in [2.75, 3.05) is 13.1 Å². The second-order valence-electron chi connectivity index (χ2n) is 4.78. The zero-order chi connectivity index (χ0) is 11.5. The Morgan fingerprint density at radius 3 is 2.38 bits per heavy atom. The normalized spacial score (nSPS) is 17.6. The van der Waals surface area contributed by atoms with Crippen LogP contribution in [0.15, 0.2) is 16.9 Å². The van der Waals surface area contributed by atoms with Crippen molar-refractivity contribution in [3.63, 3.8) is 0 Å². The van der Waals surface area contributed by atoms with Crippen LogP contribution in [0.25, 0.3) is 0 Å². The van der Waals surface area contributed by atoms with Crippen molar-refractivity contribution in [3.8, 4) is 0 Å². The predicted octanol–water partition coefficient (Wildman–Crippen LogP) is 1.46. The molecular formula is C13H20N2O. The Bertz CT molecular complexity index is 390. The third kappa shape index (κ3) is 2.53. The van der Waals surface area contributed by atoms with Gasteiger partial charge >= 0.3 is 0 Å². The van der Waals surface area contributed by atoms with Gasteiger partial charge in [0.1, 0.15) is 0 Å². The fraction of sp³-hybridized carbons (Fsp3) is 0.615. The highest BCUT2D eigenvalue weighted by molar-refractivity contribution is 5.12. The van der Waals surface area contributed by atoms with Crippen LogP contribution in [0.4, 0.5) is 0 Å². The first-order chi connectivity index (χ1) is 7.66. The van der Waals surface area contributed by atoms with E-state index in [1.165, 1.54) is 12.8 Å². The van der Waals surface area contributed by atoms with Crippen LogP contribution in [-0.2, 0) is 6.54 Å². The Balaban J connectivity index is 2.17. The number of rotatable bonds is 2. The van der Waals surface area contributed by atoms with E-state index in [2.05, 4.69) is 9.88 Å². The van der Waals surface area contributed by atoms with Gasteiger partial charge in [-0.25, -0.2) is 0 Å². The molecule has 2 heterocycles. The second kappa shape index (κ2) is 4.83. The summed E-state index contributed by atoms with van der Waals surface area (Å²) in [6.07, 6.45) is 2.48. The lowest BCUT2D eigenvalue weighted by Gasteiger charge is -2.25. The van der Waals surface area contributed by atoms with E-state index in [-0.39, 0.29) is 5.43 Å². The summed E-state index contributed by atoms with van der Waals surface area (Å²) in [5, 5.41) is 3.38. The van der Waals surface area contributed by atoms with Gasteiger partial charge in [0.15, 0.2) is 5.43 Å². The topological polar surface area (TPSA) is 34.0 Å². The van der Waals surface area contributed by atoms with Gasteiger partial charge in [0.2, 0.25) is 0 Å². The Labute approximate surface area is 96.5 Å². The first-order valence-corrected chi connectivity index (χ1v) is 6.05. The molecule has 3 nitrogen and oxygen atoms in total. The Kier molecular flexibility index (Phi) is 3.44. The Morgan fingerprint density at radius 1 is 1.25 bits per heavy atom. The maximum atomic E-state index is 11.3. The molecule has 0 amide bonds. The molecule has 1 N–H and O–H groups in total. The lowest BCUT2D eigenvalue weighted by molar-refractivity contribution is 0.328. The summed E-state index contributed by atoms with van der Waals surface area (Å²) in [6.45, 7) is 7.36. The average molecular weight is 220 g/mol. The molecule has 1 saturated heterocycles. The number of pyridine rings is 1. The van der Waals surface area contributed by atoms with E-state index in [0.717, 1.165) is 36.9 Å². The summed E-state index contributed by atoms with van der Waals surface area (Å²) in [5.74, 6) is 0.751. The van der Waals surface area contributed by atoms with E-state index in [1.54, 1.807) is 12.1 Å². The highest BCUT2D eigenvalue weighted by atomic mass is 16.1. The van der Waals surface area contributed by atoms with Gasteiger partial charge in [0.05, 0.1) is 0 Å². The van der Waals surface area contributed by atoms with Gasteiger partial charge < -0.3 is 9.88 Å². The highest BCUT2D eigenvalue weighted by Gasteiger charge is 2.14. The van der Waals surface area contributed by atoms with Crippen LogP contribution in [0.2, 0.25) is 0 Å².